The van der Waals surface area contributed by atoms with E-state index in [4.69, 9.17) is 4.42 Å². The molecular formula is C19H15N3O3S. The number of hydrogen-bond acceptors (Lipinski definition) is 5. The highest BCUT2D eigenvalue weighted by Crippen LogP contribution is 2.25. The number of rotatable bonds is 4. The van der Waals surface area contributed by atoms with Gasteiger partial charge in [-0.1, -0.05) is 6.07 Å². The lowest BCUT2D eigenvalue weighted by molar-refractivity contribution is 0.0995. The summed E-state index contributed by atoms with van der Waals surface area (Å²) in [6.45, 7) is 2.23. The Bertz CT molecular complexity index is 1160. The molecule has 0 saturated heterocycles. The quantitative estimate of drug-likeness (QED) is 0.599. The fraction of sp³-hybridized carbons (Fsp3) is 0.105. The number of aromatic nitrogens is 2. The third-order valence-corrected chi connectivity index (χ3v) is 4.80. The van der Waals surface area contributed by atoms with E-state index in [0.717, 1.165) is 15.2 Å². The van der Waals surface area contributed by atoms with Crippen LogP contribution in [0.3, 0.4) is 0 Å². The normalized spacial score (nSPS) is 11.0. The van der Waals surface area contributed by atoms with E-state index in [1.54, 1.807) is 41.8 Å². The monoisotopic (exact) mass is 365 g/mol. The molecule has 0 saturated carbocycles. The van der Waals surface area contributed by atoms with Gasteiger partial charge in [0.25, 0.3) is 11.5 Å². The molecule has 0 spiro atoms. The van der Waals surface area contributed by atoms with Crippen LogP contribution in [0.15, 0.2) is 63.9 Å². The van der Waals surface area contributed by atoms with Crippen molar-refractivity contribution >= 4 is 33.1 Å². The predicted octanol–water partition coefficient (Wildman–Crippen LogP) is 3.66. The number of aryl methyl sites for hydroxylation is 1. The molecule has 1 N–H and O–H groups in total. The first-order valence-electron chi connectivity index (χ1n) is 8.01. The molecule has 1 amide bonds. The summed E-state index contributed by atoms with van der Waals surface area (Å²) in [5.74, 6) is 0.402. The Balaban J connectivity index is 1.50. The summed E-state index contributed by atoms with van der Waals surface area (Å²) in [5, 5.41) is 3.81. The van der Waals surface area contributed by atoms with Crippen LogP contribution in [-0.2, 0) is 6.54 Å². The minimum atomic E-state index is -0.336. The van der Waals surface area contributed by atoms with Crippen molar-refractivity contribution < 1.29 is 9.21 Å². The van der Waals surface area contributed by atoms with Crippen molar-refractivity contribution in [2.45, 2.75) is 13.5 Å². The molecule has 0 bridgehead atoms. The Morgan fingerprint density at radius 3 is 2.96 bits per heavy atom. The lowest BCUT2D eigenvalue weighted by atomic mass is 10.3. The molecule has 4 rings (SSSR count). The Labute approximate surface area is 152 Å². The SMILES string of the molecule is Cc1nc2ccc(NC(=O)c3ccc(Cn4ccccc4=O)o3)cc2s1. The Morgan fingerprint density at radius 1 is 1.23 bits per heavy atom. The summed E-state index contributed by atoms with van der Waals surface area (Å²) < 4.78 is 8.12. The maximum atomic E-state index is 12.4. The number of benzene rings is 1. The number of anilines is 1. The molecular weight excluding hydrogens is 350 g/mol. The smallest absolute Gasteiger partial charge is 0.291 e. The van der Waals surface area contributed by atoms with Gasteiger partial charge in [0, 0.05) is 18.0 Å². The molecule has 0 aliphatic heterocycles. The van der Waals surface area contributed by atoms with Gasteiger partial charge in [0.15, 0.2) is 5.76 Å². The lowest BCUT2D eigenvalue weighted by Crippen LogP contribution is -2.18. The van der Waals surface area contributed by atoms with E-state index in [0.29, 0.717) is 11.4 Å². The summed E-state index contributed by atoms with van der Waals surface area (Å²) in [7, 11) is 0. The average Bonchev–Trinajstić information content (AvgIpc) is 3.22. The lowest BCUT2D eigenvalue weighted by Gasteiger charge is -2.04. The van der Waals surface area contributed by atoms with E-state index in [-0.39, 0.29) is 23.8 Å². The Hall–Kier alpha value is -3.19. The highest BCUT2D eigenvalue weighted by molar-refractivity contribution is 7.18. The number of carbonyl (C=O) groups is 1. The maximum absolute atomic E-state index is 12.4. The molecule has 0 atom stereocenters. The van der Waals surface area contributed by atoms with Crippen LogP contribution in [0, 0.1) is 6.92 Å². The van der Waals surface area contributed by atoms with Gasteiger partial charge in [-0.3, -0.25) is 9.59 Å². The molecule has 0 radical (unpaired) electrons. The first-order valence-corrected chi connectivity index (χ1v) is 8.83. The molecule has 0 aliphatic rings. The van der Waals surface area contributed by atoms with Crippen LogP contribution >= 0.6 is 11.3 Å². The van der Waals surface area contributed by atoms with Gasteiger partial charge in [0.05, 0.1) is 21.8 Å². The van der Waals surface area contributed by atoms with Crippen molar-refractivity contribution in [3.05, 3.63) is 81.6 Å². The fourth-order valence-corrected chi connectivity index (χ4v) is 3.52. The number of nitrogens with zero attached hydrogens (tertiary/aromatic N) is 2. The second-order valence-corrected chi connectivity index (χ2v) is 7.04. The number of carbonyl (C=O) groups excluding carboxylic acids is 1. The zero-order chi connectivity index (χ0) is 18.1. The number of hydrogen-bond donors (Lipinski definition) is 1. The van der Waals surface area contributed by atoms with E-state index in [9.17, 15) is 9.59 Å². The molecule has 0 unspecified atom stereocenters. The largest absolute Gasteiger partial charge is 0.454 e. The highest BCUT2D eigenvalue weighted by Gasteiger charge is 2.13. The van der Waals surface area contributed by atoms with Crippen molar-refractivity contribution in [2.75, 3.05) is 5.32 Å². The van der Waals surface area contributed by atoms with E-state index in [2.05, 4.69) is 10.3 Å². The van der Waals surface area contributed by atoms with Gasteiger partial charge in [0.2, 0.25) is 0 Å². The Morgan fingerprint density at radius 2 is 2.12 bits per heavy atom. The van der Waals surface area contributed by atoms with Crippen molar-refractivity contribution in [3.63, 3.8) is 0 Å². The van der Waals surface area contributed by atoms with E-state index in [1.807, 2.05) is 25.1 Å². The second kappa shape index (κ2) is 6.61. The molecule has 26 heavy (non-hydrogen) atoms. The molecule has 7 heteroatoms. The molecule has 4 aromatic rings. The summed E-state index contributed by atoms with van der Waals surface area (Å²) in [6.07, 6.45) is 1.68. The highest BCUT2D eigenvalue weighted by atomic mass is 32.1. The number of pyridine rings is 1. The van der Waals surface area contributed by atoms with Gasteiger partial charge in [-0.2, -0.15) is 0 Å². The van der Waals surface area contributed by atoms with Crippen LogP contribution in [0.25, 0.3) is 10.2 Å². The van der Waals surface area contributed by atoms with Gasteiger partial charge < -0.3 is 14.3 Å². The summed E-state index contributed by atoms with van der Waals surface area (Å²) in [4.78, 5) is 28.6. The minimum Gasteiger partial charge on any atom is -0.454 e. The van der Waals surface area contributed by atoms with Gasteiger partial charge in [0.1, 0.15) is 5.76 Å². The predicted molar refractivity (Wildman–Crippen MR) is 101 cm³/mol. The number of nitrogens with one attached hydrogen (secondary N) is 1. The van der Waals surface area contributed by atoms with E-state index in [1.165, 1.54) is 10.6 Å². The van der Waals surface area contributed by atoms with E-state index >= 15 is 0 Å². The van der Waals surface area contributed by atoms with Gasteiger partial charge in [-0.05, 0) is 43.3 Å². The van der Waals surface area contributed by atoms with Crippen molar-refractivity contribution in [3.8, 4) is 0 Å². The first kappa shape index (κ1) is 16.3. The van der Waals surface area contributed by atoms with Crippen LogP contribution in [0.4, 0.5) is 5.69 Å². The standard InChI is InChI=1S/C19H15N3O3S/c1-12-20-15-7-5-13(10-17(15)26-12)21-19(24)16-8-6-14(25-16)11-22-9-3-2-4-18(22)23/h2-10H,11H2,1H3,(H,21,24). The van der Waals surface area contributed by atoms with Crippen LogP contribution in [0.1, 0.15) is 21.3 Å². The summed E-state index contributed by atoms with van der Waals surface area (Å²) >= 11 is 1.58. The zero-order valence-corrected chi connectivity index (χ0v) is 14.7. The number of amides is 1. The van der Waals surface area contributed by atoms with Crippen LogP contribution in [-0.4, -0.2) is 15.5 Å². The van der Waals surface area contributed by atoms with Gasteiger partial charge >= 0.3 is 0 Å². The molecule has 3 aromatic heterocycles. The van der Waals surface area contributed by atoms with Crippen molar-refractivity contribution in [1.29, 1.82) is 0 Å². The molecule has 130 valence electrons. The molecule has 1 aromatic carbocycles. The average molecular weight is 365 g/mol. The first-order chi connectivity index (χ1) is 12.6. The second-order valence-electron chi connectivity index (χ2n) is 5.80. The van der Waals surface area contributed by atoms with Gasteiger partial charge in [-0.15, -0.1) is 11.3 Å². The number of furan rings is 1. The summed E-state index contributed by atoms with van der Waals surface area (Å²) in [6, 6.07) is 13.8. The topological polar surface area (TPSA) is 77.1 Å². The summed E-state index contributed by atoms with van der Waals surface area (Å²) in [5.41, 5.74) is 1.48. The fourth-order valence-electron chi connectivity index (χ4n) is 2.65. The van der Waals surface area contributed by atoms with Gasteiger partial charge in [-0.25, -0.2) is 4.98 Å². The third-order valence-electron chi connectivity index (χ3n) is 3.86. The van der Waals surface area contributed by atoms with Crippen LogP contribution < -0.4 is 10.9 Å². The number of fused-ring (bicyclic) bond motifs is 1. The molecule has 3 heterocycles. The zero-order valence-electron chi connectivity index (χ0n) is 13.9. The van der Waals surface area contributed by atoms with E-state index < -0.39 is 0 Å². The van der Waals surface area contributed by atoms with Crippen LogP contribution in [0.2, 0.25) is 0 Å². The van der Waals surface area contributed by atoms with Crippen LogP contribution in [0.5, 0.6) is 0 Å². The third kappa shape index (κ3) is 3.29. The van der Waals surface area contributed by atoms with Crippen molar-refractivity contribution in [2.24, 2.45) is 0 Å². The number of thiazole rings is 1. The Kier molecular flexibility index (Phi) is 4.14. The molecule has 6 nitrogen and oxygen atoms in total. The van der Waals surface area contributed by atoms with Crippen molar-refractivity contribution in [1.82, 2.24) is 9.55 Å². The molecule has 0 fully saturated rings. The molecule has 0 aliphatic carbocycles. The minimum absolute atomic E-state index is 0.122. The maximum Gasteiger partial charge on any atom is 0.291 e.